The lowest BCUT2D eigenvalue weighted by atomic mass is 9.95. The largest absolute Gasteiger partial charge is 0.463 e. The Hall–Kier alpha value is -2.67. The summed E-state index contributed by atoms with van der Waals surface area (Å²) >= 11 is 0. The molecular formula is C18H23N3O4. The van der Waals surface area contributed by atoms with E-state index in [1.54, 1.807) is 44.0 Å². The molecule has 134 valence electrons. The lowest BCUT2D eigenvalue weighted by molar-refractivity contribution is -0.139. The second kappa shape index (κ2) is 8.43. The minimum absolute atomic E-state index is 0.109. The van der Waals surface area contributed by atoms with Crippen LogP contribution >= 0.6 is 0 Å². The van der Waals surface area contributed by atoms with Crippen LogP contribution in [0.1, 0.15) is 27.2 Å². The number of aromatic nitrogens is 1. The molecule has 0 aromatic carbocycles. The van der Waals surface area contributed by atoms with Gasteiger partial charge >= 0.3 is 11.9 Å². The van der Waals surface area contributed by atoms with Crippen molar-refractivity contribution in [1.29, 1.82) is 0 Å². The Balaban J connectivity index is 2.59. The highest BCUT2D eigenvalue weighted by atomic mass is 16.5. The Morgan fingerprint density at radius 1 is 1.16 bits per heavy atom. The molecule has 7 heteroatoms. The van der Waals surface area contributed by atoms with Gasteiger partial charge in [0.1, 0.15) is 5.82 Å². The normalized spacial score (nSPS) is 14.6. The van der Waals surface area contributed by atoms with E-state index in [9.17, 15) is 9.59 Å². The smallest absolute Gasteiger partial charge is 0.336 e. The van der Waals surface area contributed by atoms with Crippen molar-refractivity contribution in [3.8, 4) is 0 Å². The molecule has 0 fully saturated rings. The van der Waals surface area contributed by atoms with Gasteiger partial charge in [-0.1, -0.05) is 6.07 Å². The van der Waals surface area contributed by atoms with E-state index in [2.05, 4.69) is 4.98 Å². The van der Waals surface area contributed by atoms with Crippen LogP contribution in [0.4, 0.5) is 5.82 Å². The number of nitrogens with two attached hydrogens (primary N) is 1. The molecule has 2 rings (SSSR count). The summed E-state index contributed by atoms with van der Waals surface area (Å²) in [5, 5.41) is 0. The summed E-state index contributed by atoms with van der Waals surface area (Å²) in [6.07, 6.45) is 1.76. The Morgan fingerprint density at radius 2 is 1.80 bits per heavy atom. The molecular weight excluding hydrogens is 322 g/mol. The second-order valence-corrected chi connectivity index (χ2v) is 5.33. The van der Waals surface area contributed by atoms with Crippen molar-refractivity contribution in [1.82, 2.24) is 4.98 Å². The molecule has 0 saturated carbocycles. The van der Waals surface area contributed by atoms with Gasteiger partial charge in [-0.15, -0.1) is 0 Å². The molecule has 1 aromatic heterocycles. The van der Waals surface area contributed by atoms with Gasteiger partial charge in [-0.3, -0.25) is 0 Å². The number of ether oxygens (including phenoxy) is 2. The Morgan fingerprint density at radius 3 is 2.32 bits per heavy atom. The van der Waals surface area contributed by atoms with Crippen LogP contribution in [0.15, 0.2) is 46.9 Å². The number of carbonyl (C=O) groups excluding carboxylic acids is 2. The maximum Gasteiger partial charge on any atom is 0.336 e. The summed E-state index contributed by atoms with van der Waals surface area (Å²) < 4.78 is 10.3. The molecule has 1 aliphatic heterocycles. The van der Waals surface area contributed by atoms with Crippen LogP contribution in [0.3, 0.4) is 0 Å². The highest BCUT2D eigenvalue weighted by Gasteiger charge is 2.33. The zero-order valence-corrected chi connectivity index (χ0v) is 14.7. The molecule has 0 amide bonds. The summed E-state index contributed by atoms with van der Waals surface area (Å²) in [5.41, 5.74) is 7.89. The van der Waals surface area contributed by atoms with Crippen molar-refractivity contribution in [3.05, 3.63) is 46.9 Å². The third kappa shape index (κ3) is 3.88. The Labute approximate surface area is 147 Å². The van der Waals surface area contributed by atoms with Gasteiger partial charge in [0.05, 0.1) is 24.4 Å². The van der Waals surface area contributed by atoms with Crippen molar-refractivity contribution >= 4 is 17.8 Å². The zero-order chi connectivity index (χ0) is 18.4. The van der Waals surface area contributed by atoms with Crippen LogP contribution in [0.5, 0.6) is 0 Å². The third-order valence-electron chi connectivity index (χ3n) is 3.86. The van der Waals surface area contributed by atoms with Gasteiger partial charge in [-0.25, -0.2) is 14.6 Å². The van der Waals surface area contributed by atoms with E-state index in [1.165, 1.54) is 0 Å². The molecule has 0 bridgehead atoms. The van der Waals surface area contributed by atoms with Gasteiger partial charge in [-0.2, -0.15) is 0 Å². The van der Waals surface area contributed by atoms with E-state index in [-0.39, 0.29) is 26.2 Å². The SMILES string of the molecule is CCOC(=O)C1=C(C)N(c2ccccn2)C(CN)=C(C(=O)OCC)C1. The standard InChI is InChI=1S/C18H23N3O4/c1-4-24-17(22)13-10-14(18(23)25-5-2)15(11-19)21(12(13)3)16-8-6-7-9-20-16/h6-9H,4-5,10-11,19H2,1-3H3. The summed E-state index contributed by atoms with van der Waals surface area (Å²) in [4.78, 5) is 30.8. The minimum Gasteiger partial charge on any atom is -0.463 e. The molecule has 1 aliphatic rings. The average Bonchev–Trinajstić information content (AvgIpc) is 2.62. The number of anilines is 1. The zero-order valence-electron chi connectivity index (χ0n) is 14.7. The quantitative estimate of drug-likeness (QED) is 0.787. The minimum atomic E-state index is -0.488. The highest BCUT2D eigenvalue weighted by molar-refractivity contribution is 5.98. The fourth-order valence-corrected chi connectivity index (χ4v) is 2.74. The topological polar surface area (TPSA) is 94.8 Å². The third-order valence-corrected chi connectivity index (χ3v) is 3.86. The molecule has 7 nitrogen and oxygen atoms in total. The first-order valence-electron chi connectivity index (χ1n) is 8.22. The number of hydrogen-bond donors (Lipinski definition) is 1. The van der Waals surface area contributed by atoms with Crippen LogP contribution in [-0.2, 0) is 19.1 Å². The fourth-order valence-electron chi connectivity index (χ4n) is 2.74. The van der Waals surface area contributed by atoms with Crippen molar-refractivity contribution < 1.29 is 19.1 Å². The first kappa shape index (κ1) is 18.7. The molecule has 2 heterocycles. The predicted molar refractivity (Wildman–Crippen MR) is 93.4 cm³/mol. The van der Waals surface area contributed by atoms with Crippen LogP contribution in [0, 0.1) is 0 Å². The van der Waals surface area contributed by atoms with Gasteiger partial charge in [0.15, 0.2) is 0 Å². The van der Waals surface area contributed by atoms with Crippen LogP contribution < -0.4 is 10.6 Å². The van der Waals surface area contributed by atoms with Crippen molar-refractivity contribution in [2.75, 3.05) is 24.7 Å². The lowest BCUT2D eigenvalue weighted by Crippen LogP contribution is -2.35. The highest BCUT2D eigenvalue weighted by Crippen LogP contribution is 2.34. The number of hydrogen-bond acceptors (Lipinski definition) is 7. The van der Waals surface area contributed by atoms with Gasteiger partial charge in [0.2, 0.25) is 0 Å². The number of nitrogens with zero attached hydrogens (tertiary/aromatic N) is 2. The summed E-state index contributed by atoms with van der Waals surface area (Å²) in [5.74, 6) is -0.374. The Bertz CT molecular complexity index is 710. The van der Waals surface area contributed by atoms with E-state index in [0.29, 0.717) is 28.4 Å². The van der Waals surface area contributed by atoms with E-state index in [0.717, 1.165) is 0 Å². The number of rotatable bonds is 6. The van der Waals surface area contributed by atoms with E-state index in [1.807, 2.05) is 6.07 Å². The first-order chi connectivity index (χ1) is 12.0. The first-order valence-corrected chi connectivity index (χ1v) is 8.22. The molecule has 0 atom stereocenters. The van der Waals surface area contributed by atoms with Crippen LogP contribution in [0.25, 0.3) is 0 Å². The average molecular weight is 345 g/mol. The Kier molecular flexibility index (Phi) is 6.30. The number of allylic oxidation sites excluding steroid dienone is 1. The molecule has 25 heavy (non-hydrogen) atoms. The van der Waals surface area contributed by atoms with Gasteiger partial charge in [-0.05, 0) is 32.9 Å². The molecule has 0 radical (unpaired) electrons. The van der Waals surface area contributed by atoms with Crippen molar-refractivity contribution in [2.24, 2.45) is 5.73 Å². The summed E-state index contributed by atoms with van der Waals surface area (Å²) in [6.45, 7) is 5.85. The monoisotopic (exact) mass is 345 g/mol. The predicted octanol–water partition coefficient (Wildman–Crippen LogP) is 1.90. The van der Waals surface area contributed by atoms with Crippen molar-refractivity contribution in [3.63, 3.8) is 0 Å². The molecule has 1 aromatic rings. The molecule has 0 spiro atoms. The second-order valence-electron chi connectivity index (χ2n) is 5.33. The fraction of sp³-hybridized carbons (Fsp3) is 0.389. The summed E-state index contributed by atoms with van der Waals surface area (Å²) in [6, 6.07) is 5.40. The lowest BCUT2D eigenvalue weighted by Gasteiger charge is -2.33. The van der Waals surface area contributed by atoms with E-state index in [4.69, 9.17) is 15.2 Å². The maximum atomic E-state index is 12.4. The molecule has 2 N–H and O–H groups in total. The van der Waals surface area contributed by atoms with E-state index >= 15 is 0 Å². The van der Waals surface area contributed by atoms with Crippen LogP contribution in [-0.4, -0.2) is 36.7 Å². The van der Waals surface area contributed by atoms with Gasteiger partial charge in [0, 0.05) is 30.6 Å². The number of carbonyl (C=O) groups is 2. The van der Waals surface area contributed by atoms with Gasteiger partial charge < -0.3 is 20.1 Å². The molecule has 0 aliphatic carbocycles. The molecule has 0 unspecified atom stereocenters. The number of pyridine rings is 1. The van der Waals surface area contributed by atoms with Crippen LogP contribution in [0.2, 0.25) is 0 Å². The van der Waals surface area contributed by atoms with Gasteiger partial charge in [0.25, 0.3) is 0 Å². The van der Waals surface area contributed by atoms with E-state index < -0.39 is 11.9 Å². The summed E-state index contributed by atoms with van der Waals surface area (Å²) in [7, 11) is 0. The molecule has 0 saturated heterocycles. The maximum absolute atomic E-state index is 12.4. The van der Waals surface area contributed by atoms with Crippen molar-refractivity contribution in [2.45, 2.75) is 27.2 Å². The number of esters is 2.